The Morgan fingerprint density at radius 2 is 1.95 bits per heavy atom. The maximum atomic E-state index is 11.9. The van der Waals surface area contributed by atoms with E-state index in [2.05, 4.69) is 10.6 Å². The van der Waals surface area contributed by atoms with E-state index in [-0.39, 0.29) is 18.1 Å². The lowest BCUT2D eigenvalue weighted by atomic mass is 9.96. The topological polar surface area (TPSA) is 87.7 Å². The highest BCUT2D eigenvalue weighted by molar-refractivity contribution is 5.86. The fourth-order valence-electron chi connectivity index (χ4n) is 2.73. The van der Waals surface area contributed by atoms with Gasteiger partial charge in [0.25, 0.3) is 0 Å². The predicted octanol–water partition coefficient (Wildman–Crippen LogP) is 1.11. The van der Waals surface area contributed by atoms with Crippen LogP contribution in [0.3, 0.4) is 0 Å². The van der Waals surface area contributed by atoms with Crippen molar-refractivity contribution in [1.82, 2.24) is 10.6 Å². The summed E-state index contributed by atoms with van der Waals surface area (Å²) < 4.78 is 5.24. The van der Waals surface area contributed by atoms with Crippen molar-refractivity contribution in [3.8, 4) is 0 Å². The summed E-state index contributed by atoms with van der Waals surface area (Å²) in [5, 5.41) is 14.7. The molecule has 3 N–H and O–H groups in total. The van der Waals surface area contributed by atoms with Crippen molar-refractivity contribution in [2.45, 2.75) is 56.7 Å². The van der Waals surface area contributed by atoms with Crippen molar-refractivity contribution >= 4 is 12.0 Å². The molecular formula is C13H22N2O4. The monoisotopic (exact) mass is 270 g/mol. The molecule has 2 rings (SSSR count). The molecule has 108 valence electrons. The zero-order valence-electron chi connectivity index (χ0n) is 11.4. The van der Waals surface area contributed by atoms with Crippen molar-refractivity contribution in [1.29, 1.82) is 0 Å². The van der Waals surface area contributed by atoms with Gasteiger partial charge in [0.1, 0.15) is 5.54 Å². The van der Waals surface area contributed by atoms with E-state index < -0.39 is 17.5 Å². The molecule has 2 aliphatic rings. The van der Waals surface area contributed by atoms with Gasteiger partial charge in [0.05, 0.1) is 6.10 Å². The fourth-order valence-corrected chi connectivity index (χ4v) is 2.73. The van der Waals surface area contributed by atoms with E-state index in [1.165, 1.54) is 0 Å². The first-order valence-electron chi connectivity index (χ1n) is 6.80. The van der Waals surface area contributed by atoms with Gasteiger partial charge in [-0.3, -0.25) is 0 Å². The summed E-state index contributed by atoms with van der Waals surface area (Å²) in [6.07, 6.45) is 4.51. The van der Waals surface area contributed by atoms with Crippen LogP contribution in [-0.4, -0.2) is 41.9 Å². The van der Waals surface area contributed by atoms with Crippen molar-refractivity contribution in [3.05, 3.63) is 0 Å². The van der Waals surface area contributed by atoms with E-state index in [0.29, 0.717) is 0 Å². The molecule has 3 atom stereocenters. The lowest BCUT2D eigenvalue weighted by Gasteiger charge is -2.27. The van der Waals surface area contributed by atoms with Crippen LogP contribution < -0.4 is 10.6 Å². The third kappa shape index (κ3) is 3.18. The number of methoxy groups -OCH3 is 1. The molecule has 6 nitrogen and oxygen atoms in total. The SMILES string of the molecule is COC1CCC(NC(=O)NC(C)(C(=O)O)C2CC2)C1. The van der Waals surface area contributed by atoms with Gasteiger partial charge in [0.15, 0.2) is 0 Å². The Hall–Kier alpha value is -1.30. The minimum Gasteiger partial charge on any atom is -0.480 e. The minimum absolute atomic E-state index is 0.0473. The minimum atomic E-state index is -1.15. The number of hydrogen-bond donors (Lipinski definition) is 3. The number of urea groups is 1. The first-order chi connectivity index (χ1) is 8.95. The third-order valence-corrected chi connectivity index (χ3v) is 4.26. The first kappa shape index (κ1) is 14.1. The number of hydrogen-bond acceptors (Lipinski definition) is 3. The van der Waals surface area contributed by atoms with Crippen LogP contribution in [0, 0.1) is 5.92 Å². The Bertz CT molecular complexity index is 370. The molecule has 0 saturated heterocycles. The van der Waals surface area contributed by atoms with Gasteiger partial charge in [-0.2, -0.15) is 0 Å². The quantitative estimate of drug-likeness (QED) is 0.698. The van der Waals surface area contributed by atoms with Gasteiger partial charge in [0, 0.05) is 13.2 Å². The van der Waals surface area contributed by atoms with Crippen molar-refractivity contribution in [2.75, 3.05) is 7.11 Å². The number of amides is 2. The molecule has 0 bridgehead atoms. The van der Waals surface area contributed by atoms with Crippen LogP contribution in [0.15, 0.2) is 0 Å². The number of ether oxygens (including phenoxy) is 1. The molecule has 0 aromatic carbocycles. The molecule has 19 heavy (non-hydrogen) atoms. The number of nitrogens with one attached hydrogen (secondary N) is 2. The van der Waals surface area contributed by atoms with Crippen LogP contribution in [0.4, 0.5) is 4.79 Å². The maximum absolute atomic E-state index is 11.9. The van der Waals surface area contributed by atoms with Gasteiger partial charge >= 0.3 is 12.0 Å². The normalized spacial score (nSPS) is 29.6. The van der Waals surface area contributed by atoms with Gasteiger partial charge in [-0.05, 0) is 44.9 Å². The Balaban J connectivity index is 1.85. The summed E-state index contributed by atoms with van der Waals surface area (Å²) in [6.45, 7) is 1.58. The van der Waals surface area contributed by atoms with Crippen LogP contribution >= 0.6 is 0 Å². The lowest BCUT2D eigenvalue weighted by Crippen LogP contribution is -2.57. The van der Waals surface area contributed by atoms with Crippen LogP contribution in [0.25, 0.3) is 0 Å². The number of aliphatic carboxylic acids is 1. The Morgan fingerprint density at radius 3 is 2.42 bits per heavy atom. The number of carboxylic acids is 1. The zero-order chi connectivity index (χ0) is 14.0. The first-order valence-corrected chi connectivity index (χ1v) is 6.80. The molecule has 0 radical (unpaired) electrons. The predicted molar refractivity (Wildman–Crippen MR) is 68.9 cm³/mol. The van der Waals surface area contributed by atoms with E-state index in [1.807, 2.05) is 0 Å². The fraction of sp³-hybridized carbons (Fsp3) is 0.846. The van der Waals surface area contributed by atoms with Gasteiger partial charge in [0.2, 0.25) is 0 Å². The highest BCUT2D eigenvalue weighted by Gasteiger charge is 2.48. The van der Waals surface area contributed by atoms with E-state index in [0.717, 1.165) is 32.1 Å². The average molecular weight is 270 g/mol. The van der Waals surface area contributed by atoms with Crippen LogP contribution in [0.1, 0.15) is 39.0 Å². The zero-order valence-corrected chi connectivity index (χ0v) is 11.4. The molecule has 0 heterocycles. The van der Waals surface area contributed by atoms with Crippen molar-refractivity contribution in [3.63, 3.8) is 0 Å². The smallest absolute Gasteiger partial charge is 0.329 e. The van der Waals surface area contributed by atoms with Crippen molar-refractivity contribution < 1.29 is 19.4 Å². The van der Waals surface area contributed by atoms with Crippen LogP contribution in [-0.2, 0) is 9.53 Å². The summed E-state index contributed by atoms with van der Waals surface area (Å²) in [7, 11) is 1.67. The maximum Gasteiger partial charge on any atom is 0.329 e. The van der Waals surface area contributed by atoms with E-state index in [1.54, 1.807) is 14.0 Å². The van der Waals surface area contributed by atoms with E-state index >= 15 is 0 Å². The van der Waals surface area contributed by atoms with Gasteiger partial charge in [-0.25, -0.2) is 9.59 Å². The van der Waals surface area contributed by atoms with Crippen LogP contribution in [0.5, 0.6) is 0 Å². The van der Waals surface area contributed by atoms with E-state index in [9.17, 15) is 14.7 Å². The van der Waals surface area contributed by atoms with Crippen molar-refractivity contribution in [2.24, 2.45) is 5.92 Å². The second kappa shape index (κ2) is 5.36. The second-order valence-electron chi connectivity index (χ2n) is 5.75. The molecule has 0 spiro atoms. The summed E-state index contributed by atoms with van der Waals surface area (Å²) >= 11 is 0. The molecule has 2 fully saturated rings. The molecule has 3 unspecified atom stereocenters. The molecule has 2 saturated carbocycles. The molecule has 0 aromatic rings. The van der Waals surface area contributed by atoms with Gasteiger partial charge in [-0.15, -0.1) is 0 Å². The molecular weight excluding hydrogens is 248 g/mol. The van der Waals surface area contributed by atoms with E-state index in [4.69, 9.17) is 4.74 Å². The molecule has 0 aromatic heterocycles. The molecule has 2 amide bonds. The Labute approximate surface area is 112 Å². The Morgan fingerprint density at radius 1 is 1.26 bits per heavy atom. The number of carbonyl (C=O) groups is 2. The Kier molecular flexibility index (Phi) is 3.99. The number of carbonyl (C=O) groups excluding carboxylic acids is 1. The molecule has 2 aliphatic carbocycles. The highest BCUT2D eigenvalue weighted by Crippen LogP contribution is 2.39. The lowest BCUT2D eigenvalue weighted by molar-refractivity contribution is -0.144. The number of rotatable bonds is 5. The standard InChI is InChI=1S/C13H22N2O4/c1-13(11(16)17,8-3-4-8)15-12(18)14-9-5-6-10(7-9)19-2/h8-10H,3-7H2,1-2H3,(H,16,17)(H2,14,15,18). The van der Waals surface area contributed by atoms with Crippen LogP contribution in [0.2, 0.25) is 0 Å². The molecule has 6 heteroatoms. The summed E-state index contributed by atoms with van der Waals surface area (Å²) in [5.74, 6) is -0.919. The third-order valence-electron chi connectivity index (χ3n) is 4.26. The van der Waals surface area contributed by atoms with Gasteiger partial charge < -0.3 is 20.5 Å². The summed E-state index contributed by atoms with van der Waals surface area (Å²) in [6, 6.07) is -0.319. The van der Waals surface area contributed by atoms with Gasteiger partial charge in [-0.1, -0.05) is 0 Å². The second-order valence-corrected chi connectivity index (χ2v) is 5.75. The highest BCUT2D eigenvalue weighted by atomic mass is 16.5. The molecule has 0 aliphatic heterocycles. The summed E-state index contributed by atoms with van der Waals surface area (Å²) in [4.78, 5) is 23.2. The largest absolute Gasteiger partial charge is 0.480 e. The average Bonchev–Trinajstić information content (AvgIpc) is 3.11. The summed E-state index contributed by atoms with van der Waals surface area (Å²) in [5.41, 5.74) is -1.15. The number of carboxylic acid groups (broad SMARTS) is 1.